The van der Waals surface area contributed by atoms with Crippen LogP contribution in [0.15, 0.2) is 109 Å². The van der Waals surface area contributed by atoms with Gasteiger partial charge in [0.05, 0.1) is 0 Å². The van der Waals surface area contributed by atoms with Gasteiger partial charge in [-0.15, -0.1) is 0 Å². The van der Waals surface area contributed by atoms with Gasteiger partial charge in [0, 0.05) is 19.3 Å². The Morgan fingerprint density at radius 3 is 0.984 bits per heavy atom. The van der Waals surface area contributed by atoms with Crippen LogP contribution in [0.5, 0.6) is 0 Å². The third-order valence-corrected chi connectivity index (χ3v) is 10.5. The maximum Gasteiger partial charge on any atom is 0.306 e. The number of allylic oxidation sites excluding steroid dienone is 18. The number of unbranched alkanes of at least 4 members (excludes halogenated alkanes) is 22. The van der Waals surface area contributed by atoms with Crippen LogP contribution in [-0.4, -0.2) is 37.2 Å². The lowest BCUT2D eigenvalue weighted by Gasteiger charge is -2.18. The zero-order valence-electron chi connectivity index (χ0n) is 40.5. The zero-order valence-corrected chi connectivity index (χ0v) is 40.5. The number of esters is 3. The molecule has 356 valence electrons. The molecule has 0 fully saturated rings. The minimum atomic E-state index is -0.803. The van der Waals surface area contributed by atoms with Gasteiger partial charge in [-0.1, -0.05) is 246 Å². The lowest BCUT2D eigenvalue weighted by molar-refractivity contribution is -0.167. The maximum atomic E-state index is 12.8. The summed E-state index contributed by atoms with van der Waals surface area (Å²) in [6.07, 6.45) is 67.8. The van der Waals surface area contributed by atoms with E-state index in [1.807, 2.05) is 60.8 Å². The van der Waals surface area contributed by atoms with Gasteiger partial charge >= 0.3 is 17.9 Å². The minimum Gasteiger partial charge on any atom is -0.462 e. The molecule has 0 aromatic rings. The van der Waals surface area contributed by atoms with Crippen molar-refractivity contribution in [2.24, 2.45) is 0 Å². The Morgan fingerprint density at radius 1 is 0.333 bits per heavy atom. The lowest BCUT2D eigenvalue weighted by atomic mass is 10.0. The molecular weight excluding hydrogens is 781 g/mol. The zero-order chi connectivity index (χ0) is 45.8. The Morgan fingerprint density at radius 2 is 0.619 bits per heavy atom. The third kappa shape index (κ3) is 49.0. The van der Waals surface area contributed by atoms with Crippen LogP contribution in [0.4, 0.5) is 0 Å². The molecule has 1 atom stereocenters. The summed E-state index contributed by atoms with van der Waals surface area (Å²) in [7, 11) is 0. The molecule has 0 aliphatic rings. The van der Waals surface area contributed by atoms with E-state index < -0.39 is 6.10 Å². The van der Waals surface area contributed by atoms with Gasteiger partial charge in [0.15, 0.2) is 6.10 Å². The first-order valence-electron chi connectivity index (χ1n) is 25.5. The molecule has 0 amide bonds. The first-order chi connectivity index (χ1) is 31.0. The second-order valence-corrected chi connectivity index (χ2v) is 16.5. The van der Waals surface area contributed by atoms with Crippen molar-refractivity contribution >= 4 is 17.9 Å². The van der Waals surface area contributed by atoms with Crippen molar-refractivity contribution in [1.29, 1.82) is 0 Å². The van der Waals surface area contributed by atoms with Gasteiger partial charge in [-0.25, -0.2) is 0 Å². The van der Waals surface area contributed by atoms with E-state index in [2.05, 4.69) is 69.4 Å². The highest BCUT2D eigenvalue weighted by Crippen LogP contribution is 2.15. The average molecular weight is 873 g/mol. The summed E-state index contributed by atoms with van der Waals surface area (Å²) in [5.74, 6) is -0.960. The molecule has 63 heavy (non-hydrogen) atoms. The molecule has 0 bridgehead atoms. The summed E-state index contributed by atoms with van der Waals surface area (Å²) in [6, 6.07) is 0. The van der Waals surface area contributed by atoms with Gasteiger partial charge in [0.2, 0.25) is 0 Å². The van der Waals surface area contributed by atoms with Crippen LogP contribution in [0.1, 0.15) is 213 Å². The van der Waals surface area contributed by atoms with Crippen molar-refractivity contribution in [3.63, 3.8) is 0 Å². The molecule has 0 rings (SSSR count). The van der Waals surface area contributed by atoms with Crippen LogP contribution in [-0.2, 0) is 28.6 Å². The fraction of sp³-hybridized carbons (Fsp3) is 0.632. The van der Waals surface area contributed by atoms with Crippen molar-refractivity contribution in [3.8, 4) is 0 Å². The van der Waals surface area contributed by atoms with Gasteiger partial charge in [0.1, 0.15) is 13.2 Å². The molecule has 0 radical (unpaired) electrons. The van der Waals surface area contributed by atoms with E-state index in [-0.39, 0.29) is 31.1 Å². The van der Waals surface area contributed by atoms with Gasteiger partial charge in [-0.05, 0) is 57.8 Å². The highest BCUT2D eigenvalue weighted by atomic mass is 16.6. The van der Waals surface area contributed by atoms with Gasteiger partial charge in [0.25, 0.3) is 0 Å². The number of hydrogen-bond acceptors (Lipinski definition) is 6. The SMILES string of the molecule is CC\C=C/C=C\C=C/C=C\C=C\C=C/CCCCCC(=O)OCC(COC(=O)CCCCCCCCCCCCCCC)OC(=O)CCCCCCCCC\C=C/C=C\C=C/CC. The van der Waals surface area contributed by atoms with Gasteiger partial charge < -0.3 is 14.2 Å². The van der Waals surface area contributed by atoms with Crippen molar-refractivity contribution in [2.45, 2.75) is 219 Å². The van der Waals surface area contributed by atoms with Crippen LogP contribution >= 0.6 is 0 Å². The van der Waals surface area contributed by atoms with E-state index in [0.29, 0.717) is 19.3 Å². The molecule has 0 aromatic heterocycles. The van der Waals surface area contributed by atoms with Crippen molar-refractivity contribution in [1.82, 2.24) is 0 Å². The van der Waals surface area contributed by atoms with E-state index in [0.717, 1.165) is 89.9 Å². The molecule has 0 spiro atoms. The molecule has 0 heterocycles. The molecule has 6 nitrogen and oxygen atoms in total. The first-order valence-corrected chi connectivity index (χ1v) is 25.5. The Balaban J connectivity index is 4.51. The smallest absolute Gasteiger partial charge is 0.306 e. The number of ether oxygens (including phenoxy) is 3. The van der Waals surface area contributed by atoms with Crippen LogP contribution < -0.4 is 0 Å². The number of hydrogen-bond donors (Lipinski definition) is 0. The van der Waals surface area contributed by atoms with E-state index in [1.54, 1.807) is 0 Å². The summed E-state index contributed by atoms with van der Waals surface area (Å²) in [6.45, 7) is 6.30. The molecule has 1 unspecified atom stereocenters. The predicted octanol–water partition coefficient (Wildman–Crippen LogP) is 16.8. The van der Waals surface area contributed by atoms with Gasteiger partial charge in [-0.2, -0.15) is 0 Å². The van der Waals surface area contributed by atoms with Crippen LogP contribution in [0.3, 0.4) is 0 Å². The predicted molar refractivity (Wildman–Crippen MR) is 270 cm³/mol. The standard InChI is InChI=1S/C57H92O6/c1-4-7-10-13-16-19-22-25-27-28-30-32-35-38-41-44-47-50-56(59)62-53-54(52-61-55(58)49-46-43-40-37-34-31-24-21-18-15-12-9-6-3)63-57(60)51-48-45-42-39-36-33-29-26-23-20-17-14-11-8-5-2/h7-8,10-11,13-14,16-17,19-20,22-23,25,27-28,30,32,35,54H,4-6,9,12,15,18,21,24,26,29,31,33-34,36-53H2,1-3H3/b10-7-,11-8-,16-13-,17-14-,22-19-,23-20-,27-25-,30-28+,35-32-. The average Bonchev–Trinajstić information content (AvgIpc) is 3.28. The van der Waals surface area contributed by atoms with E-state index in [1.165, 1.54) is 83.5 Å². The molecular formula is C57H92O6. The van der Waals surface area contributed by atoms with E-state index in [4.69, 9.17) is 14.2 Å². The first kappa shape index (κ1) is 59.1. The highest BCUT2D eigenvalue weighted by Gasteiger charge is 2.19. The number of carbonyl (C=O) groups excluding carboxylic acids is 3. The summed E-state index contributed by atoms with van der Waals surface area (Å²) in [5, 5.41) is 0. The Kier molecular flexibility index (Phi) is 47.5. The largest absolute Gasteiger partial charge is 0.462 e. The minimum absolute atomic E-state index is 0.0980. The number of carbonyl (C=O) groups is 3. The highest BCUT2D eigenvalue weighted by molar-refractivity contribution is 5.71. The fourth-order valence-electron chi connectivity index (χ4n) is 6.71. The van der Waals surface area contributed by atoms with Crippen molar-refractivity contribution in [2.75, 3.05) is 13.2 Å². The molecule has 6 heteroatoms. The second kappa shape index (κ2) is 50.7. The Bertz CT molecular complexity index is 1330. The summed E-state index contributed by atoms with van der Waals surface area (Å²) in [4.78, 5) is 38.0. The molecule has 0 aromatic carbocycles. The third-order valence-electron chi connectivity index (χ3n) is 10.5. The summed E-state index contributed by atoms with van der Waals surface area (Å²) in [5.41, 5.74) is 0. The monoisotopic (exact) mass is 873 g/mol. The van der Waals surface area contributed by atoms with E-state index >= 15 is 0 Å². The van der Waals surface area contributed by atoms with E-state index in [9.17, 15) is 14.4 Å². The van der Waals surface area contributed by atoms with Gasteiger partial charge in [-0.3, -0.25) is 14.4 Å². The molecule has 0 saturated heterocycles. The quantitative estimate of drug-likeness (QED) is 0.0263. The summed E-state index contributed by atoms with van der Waals surface area (Å²) >= 11 is 0. The van der Waals surface area contributed by atoms with Crippen LogP contribution in [0, 0.1) is 0 Å². The van der Waals surface area contributed by atoms with Crippen molar-refractivity contribution < 1.29 is 28.6 Å². The molecule has 0 aliphatic carbocycles. The summed E-state index contributed by atoms with van der Waals surface area (Å²) < 4.78 is 16.8. The normalized spacial score (nSPS) is 13.0. The van der Waals surface area contributed by atoms with Crippen LogP contribution in [0.25, 0.3) is 0 Å². The Hall–Kier alpha value is -3.93. The topological polar surface area (TPSA) is 78.9 Å². The lowest BCUT2D eigenvalue weighted by Crippen LogP contribution is -2.30. The number of rotatable bonds is 44. The fourth-order valence-corrected chi connectivity index (χ4v) is 6.71. The maximum absolute atomic E-state index is 12.8. The molecule has 0 aliphatic heterocycles. The molecule has 0 saturated carbocycles. The molecule has 0 N–H and O–H groups in total. The second-order valence-electron chi connectivity index (χ2n) is 16.5. The van der Waals surface area contributed by atoms with Crippen molar-refractivity contribution in [3.05, 3.63) is 109 Å². The Labute approximate surface area is 387 Å². The van der Waals surface area contributed by atoms with Crippen LogP contribution in [0.2, 0.25) is 0 Å².